The average Bonchev–Trinajstić information content (AvgIpc) is 2.33. The first-order valence-corrected chi connectivity index (χ1v) is 6.16. The quantitative estimate of drug-likeness (QED) is 0.566. The minimum Gasteiger partial charge on any atom is -0.489 e. The molecule has 1 rings (SSSR count). The Hall–Kier alpha value is -1.77. The van der Waals surface area contributed by atoms with Crippen molar-refractivity contribution < 1.29 is 14.6 Å². The van der Waals surface area contributed by atoms with Gasteiger partial charge in [-0.15, -0.1) is 0 Å². The summed E-state index contributed by atoms with van der Waals surface area (Å²) < 4.78 is 5.50. The molecule has 0 unspecified atom stereocenters. The maximum Gasteiger partial charge on any atom is 0.303 e. The molecule has 0 aromatic heterocycles. The Morgan fingerprint density at radius 2 is 1.94 bits per heavy atom. The van der Waals surface area contributed by atoms with Crippen LogP contribution in [0.15, 0.2) is 36.4 Å². The van der Waals surface area contributed by atoms with Crippen LogP contribution in [0, 0.1) is 0 Å². The van der Waals surface area contributed by atoms with Gasteiger partial charge in [-0.2, -0.15) is 0 Å². The molecule has 0 aliphatic carbocycles. The fraction of sp³-hybridized carbons (Fsp3) is 0.400. The van der Waals surface area contributed by atoms with Gasteiger partial charge < -0.3 is 9.84 Å². The largest absolute Gasteiger partial charge is 0.489 e. The van der Waals surface area contributed by atoms with Gasteiger partial charge in [-0.25, -0.2) is 0 Å². The highest BCUT2D eigenvalue weighted by Gasteiger charge is 1.99. The zero-order valence-electron chi connectivity index (χ0n) is 10.8. The van der Waals surface area contributed by atoms with E-state index in [0.29, 0.717) is 6.61 Å². The number of hydrogen-bond acceptors (Lipinski definition) is 2. The van der Waals surface area contributed by atoms with Crippen molar-refractivity contribution in [3.05, 3.63) is 42.0 Å². The highest BCUT2D eigenvalue weighted by atomic mass is 16.5. The lowest BCUT2D eigenvalue weighted by Crippen LogP contribution is -1.98. The fourth-order valence-corrected chi connectivity index (χ4v) is 1.56. The summed E-state index contributed by atoms with van der Waals surface area (Å²) in [5, 5.41) is 8.53. The summed E-state index contributed by atoms with van der Waals surface area (Å²) in [6.45, 7) is 6.25. The van der Waals surface area contributed by atoms with E-state index in [2.05, 4.69) is 6.58 Å². The van der Waals surface area contributed by atoms with Gasteiger partial charge >= 0.3 is 5.97 Å². The van der Waals surface area contributed by atoms with Crippen molar-refractivity contribution in [3.8, 4) is 5.75 Å². The lowest BCUT2D eigenvalue weighted by molar-refractivity contribution is -0.137. The lowest BCUT2D eigenvalue weighted by Gasteiger charge is -2.06. The molecule has 1 N–H and O–H groups in total. The number of carbonyl (C=O) groups is 1. The monoisotopic (exact) mass is 248 g/mol. The molecule has 0 heterocycles. The van der Waals surface area contributed by atoms with E-state index in [-0.39, 0.29) is 6.42 Å². The topological polar surface area (TPSA) is 46.5 Å². The molecular weight excluding hydrogens is 228 g/mol. The van der Waals surface area contributed by atoms with E-state index in [1.165, 1.54) is 5.56 Å². The molecule has 98 valence electrons. The van der Waals surface area contributed by atoms with E-state index in [9.17, 15) is 4.79 Å². The predicted molar refractivity (Wildman–Crippen MR) is 71.9 cm³/mol. The summed E-state index contributed by atoms with van der Waals surface area (Å²) in [5.74, 6) is 0.117. The number of aryl methyl sites for hydroxylation is 1. The molecule has 0 atom stereocenters. The third-order valence-electron chi connectivity index (χ3n) is 2.51. The number of benzene rings is 1. The van der Waals surface area contributed by atoms with Crippen LogP contribution in [0.1, 0.15) is 31.7 Å². The minimum atomic E-state index is -0.724. The standard InChI is InChI=1S/C15H20O3/c1-12(2)11-18-14-9-7-13(8-10-14)5-3-4-6-15(16)17/h7-10H,1,3-6,11H2,2H3,(H,16,17). The fourth-order valence-electron chi connectivity index (χ4n) is 1.56. The number of carboxylic acids is 1. The summed E-state index contributed by atoms with van der Waals surface area (Å²) >= 11 is 0. The normalized spacial score (nSPS) is 10.1. The third kappa shape index (κ3) is 6.09. The summed E-state index contributed by atoms with van der Waals surface area (Å²) in [6, 6.07) is 7.92. The Kier molecular flexibility index (Phi) is 5.98. The van der Waals surface area contributed by atoms with E-state index in [1.807, 2.05) is 31.2 Å². The van der Waals surface area contributed by atoms with Crippen LogP contribution in [0.25, 0.3) is 0 Å². The van der Waals surface area contributed by atoms with Crippen LogP contribution in [-0.2, 0) is 11.2 Å². The van der Waals surface area contributed by atoms with Gasteiger partial charge in [0, 0.05) is 6.42 Å². The van der Waals surface area contributed by atoms with E-state index in [1.54, 1.807) is 0 Å². The van der Waals surface area contributed by atoms with Gasteiger partial charge in [0.05, 0.1) is 0 Å². The van der Waals surface area contributed by atoms with Crippen LogP contribution in [0.4, 0.5) is 0 Å². The highest BCUT2D eigenvalue weighted by molar-refractivity contribution is 5.66. The van der Waals surface area contributed by atoms with Gasteiger partial charge in [0.2, 0.25) is 0 Å². The van der Waals surface area contributed by atoms with Crippen molar-refractivity contribution in [2.75, 3.05) is 6.61 Å². The molecule has 0 saturated carbocycles. The number of rotatable bonds is 8. The van der Waals surface area contributed by atoms with Crippen molar-refractivity contribution in [1.82, 2.24) is 0 Å². The number of aliphatic carboxylic acids is 1. The Labute approximate surface area is 108 Å². The van der Waals surface area contributed by atoms with Gasteiger partial charge in [0.1, 0.15) is 12.4 Å². The van der Waals surface area contributed by atoms with Crippen LogP contribution in [0.5, 0.6) is 5.75 Å². The molecule has 3 heteroatoms. The first-order chi connectivity index (χ1) is 8.58. The van der Waals surface area contributed by atoms with Crippen LogP contribution in [-0.4, -0.2) is 17.7 Å². The first kappa shape index (κ1) is 14.3. The zero-order valence-corrected chi connectivity index (χ0v) is 10.8. The van der Waals surface area contributed by atoms with Crippen molar-refractivity contribution >= 4 is 5.97 Å². The maximum absolute atomic E-state index is 10.4. The molecule has 0 spiro atoms. The van der Waals surface area contributed by atoms with E-state index in [0.717, 1.165) is 30.6 Å². The Bertz CT molecular complexity index is 393. The summed E-state index contributed by atoms with van der Waals surface area (Å²) in [7, 11) is 0. The average molecular weight is 248 g/mol. The van der Waals surface area contributed by atoms with E-state index < -0.39 is 5.97 Å². The van der Waals surface area contributed by atoms with Gasteiger partial charge in [-0.3, -0.25) is 4.79 Å². The number of unbranched alkanes of at least 4 members (excludes halogenated alkanes) is 1. The minimum absolute atomic E-state index is 0.250. The van der Waals surface area contributed by atoms with Crippen molar-refractivity contribution in [2.45, 2.75) is 32.6 Å². The Morgan fingerprint density at radius 3 is 2.50 bits per heavy atom. The molecular formula is C15H20O3. The second-order valence-electron chi connectivity index (χ2n) is 4.49. The molecule has 3 nitrogen and oxygen atoms in total. The number of carboxylic acid groups (broad SMARTS) is 1. The van der Waals surface area contributed by atoms with Gasteiger partial charge in [-0.1, -0.05) is 18.7 Å². The molecule has 0 aliphatic heterocycles. The van der Waals surface area contributed by atoms with E-state index >= 15 is 0 Å². The molecule has 0 bridgehead atoms. The second kappa shape index (κ2) is 7.54. The summed E-state index contributed by atoms with van der Waals surface area (Å²) in [4.78, 5) is 10.4. The second-order valence-corrected chi connectivity index (χ2v) is 4.49. The molecule has 18 heavy (non-hydrogen) atoms. The Balaban J connectivity index is 2.31. The van der Waals surface area contributed by atoms with Crippen LogP contribution in [0.3, 0.4) is 0 Å². The van der Waals surface area contributed by atoms with Gasteiger partial charge in [0.25, 0.3) is 0 Å². The molecule has 0 aliphatic rings. The summed E-state index contributed by atoms with van der Waals surface area (Å²) in [6.07, 6.45) is 2.79. The highest BCUT2D eigenvalue weighted by Crippen LogP contribution is 2.14. The van der Waals surface area contributed by atoms with Gasteiger partial charge in [-0.05, 0) is 49.5 Å². The molecule has 0 fully saturated rings. The number of hydrogen-bond donors (Lipinski definition) is 1. The Morgan fingerprint density at radius 1 is 1.28 bits per heavy atom. The maximum atomic E-state index is 10.4. The molecule has 1 aromatic carbocycles. The molecule has 0 saturated heterocycles. The SMILES string of the molecule is C=C(C)COc1ccc(CCCCC(=O)O)cc1. The molecule has 0 amide bonds. The van der Waals surface area contributed by atoms with Crippen molar-refractivity contribution in [1.29, 1.82) is 0 Å². The predicted octanol–water partition coefficient (Wildman–Crippen LogP) is 3.44. The van der Waals surface area contributed by atoms with Crippen LogP contribution >= 0.6 is 0 Å². The van der Waals surface area contributed by atoms with Gasteiger partial charge in [0.15, 0.2) is 0 Å². The first-order valence-electron chi connectivity index (χ1n) is 6.16. The summed E-state index contributed by atoms with van der Waals surface area (Å²) in [5.41, 5.74) is 2.20. The number of ether oxygens (including phenoxy) is 1. The zero-order chi connectivity index (χ0) is 13.4. The van der Waals surface area contributed by atoms with Crippen LogP contribution in [0.2, 0.25) is 0 Å². The molecule has 1 aromatic rings. The smallest absolute Gasteiger partial charge is 0.303 e. The van der Waals surface area contributed by atoms with Crippen molar-refractivity contribution in [3.63, 3.8) is 0 Å². The lowest BCUT2D eigenvalue weighted by atomic mass is 10.1. The van der Waals surface area contributed by atoms with Crippen molar-refractivity contribution in [2.24, 2.45) is 0 Å². The van der Waals surface area contributed by atoms with E-state index in [4.69, 9.17) is 9.84 Å². The van der Waals surface area contributed by atoms with Crippen LogP contribution < -0.4 is 4.74 Å². The third-order valence-corrected chi connectivity index (χ3v) is 2.51. The molecule has 0 radical (unpaired) electrons.